The van der Waals surface area contributed by atoms with Crippen molar-refractivity contribution in [3.05, 3.63) is 137 Å². The quantitative estimate of drug-likeness (QED) is 0.266. The normalized spacial score (nSPS) is 10.8. The molecule has 5 nitrogen and oxygen atoms in total. The molecule has 0 atom stereocenters. The largest absolute Gasteiger partial charge is 0.488 e. The topological polar surface area (TPSA) is 56.1 Å². The molecule has 5 rings (SSSR count). The van der Waals surface area contributed by atoms with Gasteiger partial charge < -0.3 is 10.1 Å². The zero-order valence-corrected chi connectivity index (χ0v) is 21.0. The van der Waals surface area contributed by atoms with Crippen molar-refractivity contribution in [2.45, 2.75) is 27.0 Å². The maximum Gasteiger partial charge on any atom is 0.251 e. The minimum absolute atomic E-state index is 0.131. The van der Waals surface area contributed by atoms with E-state index in [-0.39, 0.29) is 5.91 Å². The molecule has 0 aliphatic rings. The molecule has 0 spiro atoms. The van der Waals surface area contributed by atoms with Crippen molar-refractivity contribution in [1.82, 2.24) is 15.1 Å². The average molecular weight is 488 g/mol. The molecule has 0 radical (unpaired) electrons. The number of nitrogens with zero attached hydrogens (tertiary/aromatic N) is 2. The Balaban J connectivity index is 1.27. The van der Waals surface area contributed by atoms with E-state index in [4.69, 9.17) is 9.84 Å². The van der Waals surface area contributed by atoms with E-state index in [1.807, 2.05) is 128 Å². The number of hydrogen-bond donors (Lipinski definition) is 1. The van der Waals surface area contributed by atoms with E-state index in [1.54, 1.807) is 0 Å². The van der Waals surface area contributed by atoms with Crippen LogP contribution in [0.1, 0.15) is 32.6 Å². The van der Waals surface area contributed by atoms with Gasteiger partial charge in [-0.05, 0) is 54.8 Å². The molecule has 1 aromatic heterocycles. The third-order valence-corrected chi connectivity index (χ3v) is 6.31. The van der Waals surface area contributed by atoms with Gasteiger partial charge in [-0.2, -0.15) is 5.10 Å². The molecule has 0 unspecified atom stereocenters. The van der Waals surface area contributed by atoms with Gasteiger partial charge in [0.05, 0.1) is 11.4 Å². The number of amides is 1. The summed E-state index contributed by atoms with van der Waals surface area (Å²) in [5, 5.41) is 7.88. The second kappa shape index (κ2) is 11.0. The van der Waals surface area contributed by atoms with Crippen molar-refractivity contribution in [3.63, 3.8) is 0 Å². The van der Waals surface area contributed by atoms with E-state index in [2.05, 4.69) is 5.32 Å². The lowest BCUT2D eigenvalue weighted by Crippen LogP contribution is -2.22. The number of para-hydroxylation sites is 2. The van der Waals surface area contributed by atoms with E-state index in [0.29, 0.717) is 18.7 Å². The van der Waals surface area contributed by atoms with Crippen LogP contribution in [0.5, 0.6) is 5.75 Å². The van der Waals surface area contributed by atoms with Gasteiger partial charge in [-0.15, -0.1) is 0 Å². The highest BCUT2D eigenvalue weighted by Gasteiger charge is 2.14. The predicted octanol–water partition coefficient (Wildman–Crippen LogP) is 6.67. The summed E-state index contributed by atoms with van der Waals surface area (Å²) in [7, 11) is 0. The van der Waals surface area contributed by atoms with Crippen LogP contribution in [-0.4, -0.2) is 15.7 Å². The molecule has 184 valence electrons. The number of aromatic nitrogens is 2. The van der Waals surface area contributed by atoms with Crippen LogP contribution in [0.3, 0.4) is 0 Å². The molecule has 4 aromatic carbocycles. The Morgan fingerprint density at radius 1 is 0.811 bits per heavy atom. The molecule has 0 saturated carbocycles. The fourth-order valence-corrected chi connectivity index (χ4v) is 4.30. The molecule has 37 heavy (non-hydrogen) atoms. The fraction of sp³-hybridized carbons (Fsp3) is 0.125. The van der Waals surface area contributed by atoms with Crippen molar-refractivity contribution in [3.8, 4) is 22.7 Å². The van der Waals surface area contributed by atoms with E-state index in [1.165, 1.54) is 0 Å². The number of carbonyl (C=O) groups is 1. The van der Waals surface area contributed by atoms with Gasteiger partial charge in [-0.3, -0.25) is 4.79 Å². The van der Waals surface area contributed by atoms with Crippen molar-refractivity contribution in [2.75, 3.05) is 0 Å². The van der Waals surface area contributed by atoms with Crippen LogP contribution in [0.15, 0.2) is 109 Å². The number of benzene rings is 4. The maximum absolute atomic E-state index is 13.0. The first-order chi connectivity index (χ1) is 18.1. The Hall–Kier alpha value is -4.64. The average Bonchev–Trinajstić information content (AvgIpc) is 3.37. The highest BCUT2D eigenvalue weighted by atomic mass is 16.5. The van der Waals surface area contributed by atoms with Crippen molar-refractivity contribution >= 4 is 5.91 Å². The van der Waals surface area contributed by atoms with Gasteiger partial charge in [-0.25, -0.2) is 4.68 Å². The lowest BCUT2D eigenvalue weighted by molar-refractivity contribution is 0.0951. The van der Waals surface area contributed by atoms with Crippen molar-refractivity contribution < 1.29 is 9.53 Å². The summed E-state index contributed by atoms with van der Waals surface area (Å²) >= 11 is 0. The standard InChI is InChI=1S/C32H29N3O2/c1-23-10-9-11-24(2)31(23)37-22-25-16-18-27(19-17-25)32(36)33-20-28-21-35(29-14-7-4-8-15-29)34-30(28)26-12-5-3-6-13-26/h3-19,21H,20,22H2,1-2H3,(H,33,36). The summed E-state index contributed by atoms with van der Waals surface area (Å²) in [5.41, 5.74) is 7.61. The lowest BCUT2D eigenvalue weighted by Gasteiger charge is -2.12. The molecule has 0 aliphatic carbocycles. The lowest BCUT2D eigenvalue weighted by atomic mass is 10.1. The van der Waals surface area contributed by atoms with Crippen LogP contribution in [0.2, 0.25) is 0 Å². The summed E-state index contributed by atoms with van der Waals surface area (Å²) in [6, 6.07) is 33.7. The van der Waals surface area contributed by atoms with Crippen LogP contribution in [0, 0.1) is 13.8 Å². The van der Waals surface area contributed by atoms with Gasteiger partial charge in [0.1, 0.15) is 12.4 Å². The predicted molar refractivity (Wildman–Crippen MR) is 147 cm³/mol. The van der Waals surface area contributed by atoms with Crippen LogP contribution in [-0.2, 0) is 13.2 Å². The SMILES string of the molecule is Cc1cccc(C)c1OCc1ccc(C(=O)NCc2cn(-c3ccccc3)nc2-c2ccccc2)cc1. The zero-order chi connectivity index (χ0) is 25.6. The number of aryl methyl sites for hydroxylation is 2. The third-order valence-electron chi connectivity index (χ3n) is 6.31. The molecular formula is C32H29N3O2. The van der Waals surface area contributed by atoms with Crippen molar-refractivity contribution in [1.29, 1.82) is 0 Å². The molecule has 0 bridgehead atoms. The van der Waals surface area contributed by atoms with E-state index < -0.39 is 0 Å². The van der Waals surface area contributed by atoms with Crippen LogP contribution < -0.4 is 10.1 Å². The Bertz CT molecular complexity index is 1470. The van der Waals surface area contributed by atoms with E-state index in [0.717, 1.165) is 44.9 Å². The monoisotopic (exact) mass is 487 g/mol. The second-order valence-corrected chi connectivity index (χ2v) is 9.04. The second-order valence-electron chi connectivity index (χ2n) is 9.04. The van der Waals surface area contributed by atoms with Gasteiger partial charge in [0, 0.05) is 29.4 Å². The van der Waals surface area contributed by atoms with Gasteiger partial charge >= 0.3 is 0 Å². The van der Waals surface area contributed by atoms with Gasteiger partial charge in [0.25, 0.3) is 5.91 Å². The zero-order valence-electron chi connectivity index (χ0n) is 21.0. The first kappa shape index (κ1) is 24.1. The first-order valence-electron chi connectivity index (χ1n) is 12.3. The number of rotatable bonds is 8. The molecule has 5 heteroatoms. The smallest absolute Gasteiger partial charge is 0.251 e. The number of ether oxygens (including phenoxy) is 1. The first-order valence-corrected chi connectivity index (χ1v) is 12.3. The maximum atomic E-state index is 13.0. The third kappa shape index (κ3) is 5.62. The number of hydrogen-bond acceptors (Lipinski definition) is 3. The summed E-state index contributed by atoms with van der Waals surface area (Å²) in [6.45, 7) is 4.91. The Labute approximate surface area is 217 Å². The number of carbonyl (C=O) groups excluding carboxylic acids is 1. The molecule has 1 amide bonds. The van der Waals surface area contributed by atoms with Crippen molar-refractivity contribution in [2.24, 2.45) is 0 Å². The molecule has 5 aromatic rings. The highest BCUT2D eigenvalue weighted by Crippen LogP contribution is 2.25. The van der Waals surface area contributed by atoms with Gasteiger partial charge in [-0.1, -0.05) is 78.9 Å². The summed E-state index contributed by atoms with van der Waals surface area (Å²) in [6.07, 6.45) is 1.98. The number of nitrogens with one attached hydrogen (secondary N) is 1. The Morgan fingerprint density at radius 2 is 1.46 bits per heavy atom. The van der Waals surface area contributed by atoms with Crippen LogP contribution >= 0.6 is 0 Å². The van der Waals surface area contributed by atoms with Crippen LogP contribution in [0.25, 0.3) is 16.9 Å². The molecule has 0 saturated heterocycles. The molecule has 1 heterocycles. The van der Waals surface area contributed by atoms with Gasteiger partial charge in [0.15, 0.2) is 0 Å². The van der Waals surface area contributed by atoms with Crippen LogP contribution in [0.4, 0.5) is 0 Å². The van der Waals surface area contributed by atoms with Gasteiger partial charge in [0.2, 0.25) is 0 Å². The molecule has 0 fully saturated rings. The molecule has 0 aliphatic heterocycles. The minimum atomic E-state index is -0.131. The van der Waals surface area contributed by atoms with E-state index >= 15 is 0 Å². The Morgan fingerprint density at radius 3 is 2.14 bits per heavy atom. The highest BCUT2D eigenvalue weighted by molar-refractivity contribution is 5.94. The summed E-state index contributed by atoms with van der Waals surface area (Å²) < 4.78 is 7.90. The summed E-state index contributed by atoms with van der Waals surface area (Å²) in [4.78, 5) is 13.0. The molecule has 1 N–H and O–H groups in total. The minimum Gasteiger partial charge on any atom is -0.488 e. The van der Waals surface area contributed by atoms with E-state index in [9.17, 15) is 4.79 Å². The Kier molecular flexibility index (Phi) is 7.13. The summed E-state index contributed by atoms with van der Waals surface area (Å²) in [5.74, 6) is 0.781. The fourth-order valence-electron chi connectivity index (χ4n) is 4.30. The molecular weight excluding hydrogens is 458 g/mol.